The van der Waals surface area contributed by atoms with Crippen LogP contribution >= 0.6 is 46.1 Å². The van der Waals surface area contributed by atoms with Crippen LogP contribution in [-0.2, 0) is 41.2 Å². The van der Waals surface area contributed by atoms with E-state index in [1.165, 1.54) is 17.2 Å². The number of phosphoric ester groups is 1. The summed E-state index contributed by atoms with van der Waals surface area (Å²) in [7, 11) is -13.3. The Balaban J connectivity index is 1.55. The van der Waals surface area contributed by atoms with Crippen LogP contribution in [0.4, 0.5) is 5.82 Å². The van der Waals surface area contributed by atoms with Crippen LogP contribution in [0, 0.1) is 0 Å². The van der Waals surface area contributed by atoms with E-state index >= 15 is 0 Å². The molecule has 3 heterocycles. The summed E-state index contributed by atoms with van der Waals surface area (Å²) in [6, 6.07) is 0. The predicted octanol–water partition coefficient (Wildman–Crippen LogP) is -0.205. The molecule has 0 bridgehead atoms. The number of anilines is 1. The Morgan fingerprint density at radius 1 is 1.00 bits per heavy atom. The molecule has 2 aromatic rings. The maximum atomic E-state index is 12.3. The molecule has 6 atom stereocenters. The van der Waals surface area contributed by atoms with Crippen molar-refractivity contribution in [3.63, 3.8) is 0 Å². The van der Waals surface area contributed by atoms with Gasteiger partial charge in [0.15, 0.2) is 23.2 Å². The second-order valence-corrected chi connectivity index (χ2v) is 15.7. The third kappa shape index (κ3) is 12.0. The van der Waals surface area contributed by atoms with Crippen molar-refractivity contribution in [2.75, 3.05) is 49.7 Å². The summed E-state index contributed by atoms with van der Waals surface area (Å²) < 4.78 is 53.5. The largest absolute Gasteiger partial charge is 0.490 e. The van der Waals surface area contributed by atoms with E-state index in [4.69, 9.17) is 14.5 Å². The summed E-state index contributed by atoms with van der Waals surface area (Å²) in [4.78, 5) is 76.2. The molecule has 0 radical (unpaired) electrons. The first-order valence-electron chi connectivity index (χ1n) is 14.1. The molecule has 0 spiro atoms. The lowest BCUT2D eigenvalue weighted by molar-refractivity contribution is -0.130. The van der Waals surface area contributed by atoms with Gasteiger partial charge in [-0.05, 0) is 19.3 Å². The van der Waals surface area contributed by atoms with Gasteiger partial charge in [0.25, 0.3) is 0 Å². The zero-order chi connectivity index (χ0) is 35.9. The number of halogens is 1. The van der Waals surface area contributed by atoms with Gasteiger partial charge in [-0.15, -0.1) is 0 Å². The van der Waals surface area contributed by atoms with Crippen molar-refractivity contribution >= 4 is 74.9 Å². The van der Waals surface area contributed by atoms with Crippen LogP contribution in [0.5, 0.6) is 0 Å². The van der Waals surface area contributed by atoms with Crippen LogP contribution in [0.15, 0.2) is 12.7 Å². The van der Waals surface area contributed by atoms with Crippen LogP contribution in [0.3, 0.4) is 0 Å². The molecule has 2 amide bonds. The van der Waals surface area contributed by atoms with Crippen molar-refractivity contribution < 1.29 is 71.0 Å². The maximum Gasteiger partial charge on any atom is 0.490 e. The molecule has 1 saturated heterocycles. The first kappa shape index (κ1) is 40.7. The number of ether oxygens (including phenoxy) is 1. The van der Waals surface area contributed by atoms with Gasteiger partial charge >= 0.3 is 23.5 Å². The third-order valence-corrected chi connectivity index (χ3v) is 11.3. The van der Waals surface area contributed by atoms with Crippen LogP contribution in [0.1, 0.15) is 31.9 Å². The average Bonchev–Trinajstić information content (AvgIpc) is 3.54. The van der Waals surface area contributed by atoms with Gasteiger partial charge in [-0.1, -0.05) is 22.6 Å². The van der Waals surface area contributed by atoms with Crippen LogP contribution in [-0.4, -0.2) is 129 Å². The number of aliphatic hydroxyl groups excluding tert-OH is 2. The molecular formula is C22H37IN7O15P3. The predicted molar refractivity (Wildman–Crippen MR) is 172 cm³/mol. The maximum absolute atomic E-state index is 12.3. The molecule has 22 nitrogen and oxygen atoms in total. The lowest BCUT2D eigenvalue weighted by Crippen LogP contribution is -2.33. The molecule has 48 heavy (non-hydrogen) atoms. The van der Waals surface area contributed by atoms with Gasteiger partial charge in [0, 0.05) is 40.2 Å². The number of imidazole rings is 1. The standard InChI is InChI=1S/C22H37IN7O15P3/c1-28(16(32)6-5-7-24-15(31)10-23)8-3-4-9-29(2)20-17-21(26-12-25-20)30(13-27-17)22-19(34)18(33)14(43-22)11-42-47(38,39)45-48(40,41)44-46(35,36)37/h12-14,18-19,22,33-34H,3-11H2,1-2H3,(H,24,31)(H,38,39)(H,40,41)(H2,35,36,37)/t14-,18-,19-,22-/m1/s1. The van der Waals surface area contributed by atoms with E-state index in [9.17, 15) is 43.3 Å². The molecule has 0 saturated carbocycles. The van der Waals surface area contributed by atoms with E-state index in [2.05, 4.69) is 33.4 Å². The Bertz CT molecular complexity index is 1560. The number of unbranched alkanes of at least 4 members (excludes halogenated alkanes) is 1. The van der Waals surface area contributed by atoms with E-state index in [0.29, 0.717) is 61.1 Å². The Labute approximate surface area is 287 Å². The topological polar surface area (TPSA) is 306 Å². The Hall–Kier alpha value is -1.69. The highest BCUT2D eigenvalue weighted by Gasteiger charge is 2.47. The Morgan fingerprint density at radius 2 is 1.69 bits per heavy atom. The zero-order valence-corrected chi connectivity index (χ0v) is 30.4. The summed E-state index contributed by atoms with van der Waals surface area (Å²) in [5.41, 5.74) is 0.528. The number of rotatable bonds is 19. The molecule has 272 valence electrons. The summed E-state index contributed by atoms with van der Waals surface area (Å²) in [6.07, 6.45) is -1.38. The highest BCUT2D eigenvalue weighted by atomic mass is 127. The fraction of sp³-hybridized carbons (Fsp3) is 0.682. The fourth-order valence-corrected chi connectivity index (χ4v) is 7.81. The van der Waals surface area contributed by atoms with Crippen molar-refractivity contribution in [2.45, 2.75) is 50.2 Å². The van der Waals surface area contributed by atoms with Gasteiger partial charge in [0.05, 0.1) is 17.4 Å². The number of nitrogens with one attached hydrogen (secondary N) is 1. The van der Waals surface area contributed by atoms with E-state index in [0.717, 1.165) is 0 Å². The monoisotopic (exact) mass is 859 g/mol. The molecule has 2 unspecified atom stereocenters. The van der Waals surface area contributed by atoms with Crippen molar-refractivity contribution in [2.24, 2.45) is 0 Å². The summed E-state index contributed by atoms with van der Waals surface area (Å²) in [6.45, 7) is 0.527. The molecule has 1 fully saturated rings. The van der Waals surface area contributed by atoms with E-state index in [-0.39, 0.29) is 17.5 Å². The van der Waals surface area contributed by atoms with E-state index in [1.807, 2.05) is 27.5 Å². The zero-order valence-electron chi connectivity index (χ0n) is 25.6. The minimum absolute atomic E-state index is 0.0205. The lowest BCUT2D eigenvalue weighted by atomic mass is 10.1. The Morgan fingerprint density at radius 3 is 2.35 bits per heavy atom. The van der Waals surface area contributed by atoms with Gasteiger partial charge in [-0.2, -0.15) is 8.62 Å². The fourth-order valence-electron chi connectivity index (χ4n) is 4.51. The first-order chi connectivity index (χ1) is 22.3. The number of nitrogens with zero attached hydrogens (tertiary/aromatic N) is 6. The molecule has 1 aliphatic rings. The van der Waals surface area contributed by atoms with Gasteiger partial charge in [0.2, 0.25) is 11.8 Å². The van der Waals surface area contributed by atoms with Crippen molar-refractivity contribution in [1.29, 1.82) is 0 Å². The smallest absolute Gasteiger partial charge is 0.387 e. The van der Waals surface area contributed by atoms with Crippen LogP contribution in [0.2, 0.25) is 0 Å². The van der Waals surface area contributed by atoms with Crippen molar-refractivity contribution in [1.82, 2.24) is 29.7 Å². The minimum Gasteiger partial charge on any atom is -0.387 e. The lowest BCUT2D eigenvalue weighted by Gasteiger charge is -2.21. The summed E-state index contributed by atoms with van der Waals surface area (Å²) in [5.74, 6) is 0.348. The number of phosphoric acid groups is 3. The van der Waals surface area contributed by atoms with Crippen LogP contribution in [0.25, 0.3) is 11.2 Å². The molecule has 2 aromatic heterocycles. The molecule has 0 aliphatic carbocycles. The van der Waals surface area contributed by atoms with Gasteiger partial charge in [-0.3, -0.25) is 18.7 Å². The quantitative estimate of drug-likeness (QED) is 0.0416. The van der Waals surface area contributed by atoms with E-state index < -0.39 is 54.6 Å². The second-order valence-electron chi connectivity index (χ2n) is 10.5. The van der Waals surface area contributed by atoms with Crippen molar-refractivity contribution in [3.8, 4) is 0 Å². The molecule has 1 aliphatic heterocycles. The normalized spacial score (nSPS) is 22.3. The SMILES string of the molecule is CN(CCCCN(C)c1ncnc2c1ncn2[C@@H]1O[C@H](COP(=O)(O)OP(=O)(O)OP(=O)(O)O)[C@@H](O)[C@H]1O)C(=O)CCCNC(=O)CI. The molecular weight excluding hydrogens is 822 g/mol. The molecule has 0 aromatic carbocycles. The average molecular weight is 859 g/mol. The third-order valence-electron chi connectivity index (χ3n) is 6.80. The molecule has 26 heteroatoms. The molecule has 3 rings (SSSR count). The second kappa shape index (κ2) is 17.5. The number of carbonyl (C=O) groups is 2. The first-order valence-corrected chi connectivity index (χ1v) is 20.1. The van der Waals surface area contributed by atoms with Gasteiger partial charge in [-0.25, -0.2) is 28.6 Å². The number of aliphatic hydroxyl groups is 2. The highest BCUT2D eigenvalue weighted by Crippen LogP contribution is 2.66. The minimum atomic E-state index is -5.75. The Kier molecular flexibility index (Phi) is 14.8. The number of hydrogen-bond donors (Lipinski definition) is 7. The van der Waals surface area contributed by atoms with E-state index in [1.54, 1.807) is 19.0 Å². The van der Waals surface area contributed by atoms with Crippen molar-refractivity contribution in [3.05, 3.63) is 12.7 Å². The highest BCUT2D eigenvalue weighted by molar-refractivity contribution is 14.1. The molecule has 7 N–H and O–H groups in total. The summed E-state index contributed by atoms with van der Waals surface area (Å²) in [5, 5.41) is 23.9. The van der Waals surface area contributed by atoms with Gasteiger partial charge < -0.3 is 49.6 Å². The number of fused-ring (bicyclic) bond motifs is 1. The van der Waals surface area contributed by atoms with Crippen LogP contribution < -0.4 is 10.2 Å². The number of hydrogen-bond acceptors (Lipinski definition) is 15. The number of aromatic nitrogens is 4. The van der Waals surface area contributed by atoms with Gasteiger partial charge in [0.1, 0.15) is 24.6 Å². The number of amides is 2. The number of alkyl halides is 1. The number of carbonyl (C=O) groups excluding carboxylic acids is 2. The summed E-state index contributed by atoms with van der Waals surface area (Å²) >= 11 is 1.97.